The Morgan fingerprint density at radius 1 is 1.06 bits per heavy atom. The van der Waals surface area contributed by atoms with Gasteiger partial charge in [-0.15, -0.1) is 0 Å². The molecule has 0 aliphatic heterocycles. The van der Waals surface area contributed by atoms with Crippen LogP contribution in [0, 0.1) is 0 Å². The first-order valence-electron chi connectivity index (χ1n) is 10.5. The molecule has 0 saturated heterocycles. The van der Waals surface area contributed by atoms with Gasteiger partial charge in [0, 0.05) is 45.2 Å². The number of nitrogen functional groups attached to an aromatic ring is 1. The molecule has 170 valence electrons. The van der Waals surface area contributed by atoms with Crippen LogP contribution in [0.4, 0.5) is 11.8 Å². The van der Waals surface area contributed by atoms with E-state index in [2.05, 4.69) is 15.3 Å². The lowest BCUT2D eigenvalue weighted by Crippen LogP contribution is -2.29. The summed E-state index contributed by atoms with van der Waals surface area (Å²) < 4.78 is 31.4. The van der Waals surface area contributed by atoms with Gasteiger partial charge in [-0.25, -0.2) is 27.7 Å². The highest BCUT2D eigenvalue weighted by Gasteiger charge is 2.22. The summed E-state index contributed by atoms with van der Waals surface area (Å²) in [5, 5.41) is 4.09. The number of nitrogens with zero attached hydrogens (tertiary/aromatic N) is 4. The molecule has 0 unspecified atom stereocenters. The normalized spacial score (nSPS) is 19.4. The van der Waals surface area contributed by atoms with Crippen molar-refractivity contribution < 1.29 is 13.2 Å². The van der Waals surface area contributed by atoms with Crippen molar-refractivity contribution in [3.8, 4) is 11.1 Å². The maximum absolute atomic E-state index is 12.4. The SMILES string of the molecule is CO[C@H]1CC[C@H](Nc2ncc3c(N)ncc(-c4ccc(S(=O)(=O)N(C)C)cc4)c3n2)CC1. The summed E-state index contributed by atoms with van der Waals surface area (Å²) in [6.45, 7) is 0. The predicted molar refractivity (Wildman–Crippen MR) is 125 cm³/mol. The first-order chi connectivity index (χ1) is 15.3. The number of hydrogen-bond acceptors (Lipinski definition) is 8. The number of fused-ring (bicyclic) bond motifs is 1. The molecule has 0 amide bonds. The minimum atomic E-state index is -3.50. The Morgan fingerprint density at radius 3 is 2.38 bits per heavy atom. The van der Waals surface area contributed by atoms with E-state index in [-0.39, 0.29) is 10.9 Å². The number of nitrogens with one attached hydrogen (secondary N) is 1. The van der Waals surface area contributed by atoms with E-state index in [4.69, 9.17) is 15.5 Å². The summed E-state index contributed by atoms with van der Waals surface area (Å²) in [7, 11) is 1.27. The topological polar surface area (TPSA) is 123 Å². The van der Waals surface area contributed by atoms with Crippen LogP contribution in [0.2, 0.25) is 0 Å². The number of benzene rings is 1. The van der Waals surface area contributed by atoms with Gasteiger partial charge in [-0.05, 0) is 43.4 Å². The molecule has 1 fully saturated rings. The monoisotopic (exact) mass is 456 g/mol. The van der Waals surface area contributed by atoms with Gasteiger partial charge in [0.2, 0.25) is 16.0 Å². The minimum absolute atomic E-state index is 0.225. The van der Waals surface area contributed by atoms with Crippen LogP contribution >= 0.6 is 0 Å². The van der Waals surface area contributed by atoms with Crippen molar-refractivity contribution in [1.29, 1.82) is 0 Å². The number of sulfonamides is 1. The minimum Gasteiger partial charge on any atom is -0.383 e. The van der Waals surface area contributed by atoms with Crippen LogP contribution < -0.4 is 11.1 Å². The van der Waals surface area contributed by atoms with Crippen LogP contribution in [0.5, 0.6) is 0 Å². The van der Waals surface area contributed by atoms with E-state index < -0.39 is 10.0 Å². The van der Waals surface area contributed by atoms with Crippen LogP contribution in [0.25, 0.3) is 22.0 Å². The van der Waals surface area contributed by atoms with Crippen molar-refractivity contribution in [1.82, 2.24) is 19.3 Å². The van der Waals surface area contributed by atoms with Crippen molar-refractivity contribution in [2.24, 2.45) is 0 Å². The molecule has 32 heavy (non-hydrogen) atoms. The summed E-state index contributed by atoms with van der Waals surface area (Å²) in [5.41, 5.74) is 8.30. The van der Waals surface area contributed by atoms with Gasteiger partial charge in [-0.2, -0.15) is 0 Å². The Labute approximate surface area is 188 Å². The molecule has 3 aromatic rings. The molecule has 9 nitrogen and oxygen atoms in total. The molecular weight excluding hydrogens is 428 g/mol. The molecule has 1 aliphatic rings. The van der Waals surface area contributed by atoms with E-state index in [0.717, 1.165) is 36.8 Å². The van der Waals surface area contributed by atoms with Crippen molar-refractivity contribution in [2.75, 3.05) is 32.3 Å². The first kappa shape index (κ1) is 22.4. The molecule has 0 bridgehead atoms. The fourth-order valence-corrected chi connectivity index (χ4v) is 4.86. The molecule has 3 N–H and O–H groups in total. The zero-order valence-corrected chi connectivity index (χ0v) is 19.3. The van der Waals surface area contributed by atoms with E-state index in [1.165, 1.54) is 18.4 Å². The second-order valence-electron chi connectivity index (χ2n) is 8.18. The number of ether oxygens (including phenoxy) is 1. The molecule has 1 aromatic carbocycles. The van der Waals surface area contributed by atoms with Crippen LogP contribution in [0.1, 0.15) is 25.7 Å². The lowest BCUT2D eigenvalue weighted by Gasteiger charge is -2.28. The number of hydrogen-bond donors (Lipinski definition) is 2. The lowest BCUT2D eigenvalue weighted by atomic mass is 9.93. The van der Waals surface area contributed by atoms with Crippen LogP contribution in [-0.2, 0) is 14.8 Å². The van der Waals surface area contributed by atoms with Crippen molar-refractivity contribution in [3.05, 3.63) is 36.7 Å². The van der Waals surface area contributed by atoms with Gasteiger partial charge in [0.05, 0.1) is 21.9 Å². The molecule has 1 saturated carbocycles. The molecule has 0 spiro atoms. The standard InChI is InChI=1S/C22H28N6O3S/c1-28(2)32(29,30)17-10-4-14(5-11-17)18-12-24-21(23)19-13-25-22(27-20(18)19)26-15-6-8-16(31-3)9-7-15/h4-5,10-13,15-16H,6-9H2,1-3H3,(H2,23,24)(H,25,26,27)/t15-,16-. The van der Waals surface area contributed by atoms with Gasteiger partial charge in [0.1, 0.15) is 5.82 Å². The fraction of sp³-hybridized carbons (Fsp3) is 0.409. The molecule has 10 heteroatoms. The van der Waals surface area contributed by atoms with Gasteiger partial charge >= 0.3 is 0 Å². The maximum Gasteiger partial charge on any atom is 0.242 e. The number of rotatable bonds is 6. The molecule has 2 heterocycles. The van der Waals surface area contributed by atoms with Gasteiger partial charge in [-0.1, -0.05) is 12.1 Å². The second-order valence-corrected chi connectivity index (χ2v) is 10.3. The highest BCUT2D eigenvalue weighted by molar-refractivity contribution is 7.89. The number of aromatic nitrogens is 3. The zero-order chi connectivity index (χ0) is 22.9. The van der Waals surface area contributed by atoms with Crippen LogP contribution in [0.3, 0.4) is 0 Å². The third-order valence-corrected chi connectivity index (χ3v) is 7.77. The van der Waals surface area contributed by atoms with E-state index in [1.54, 1.807) is 43.8 Å². The third kappa shape index (κ3) is 4.38. The highest BCUT2D eigenvalue weighted by atomic mass is 32.2. The summed E-state index contributed by atoms with van der Waals surface area (Å²) in [4.78, 5) is 13.7. The van der Waals surface area contributed by atoms with Gasteiger partial charge in [-0.3, -0.25) is 0 Å². The summed E-state index contributed by atoms with van der Waals surface area (Å²) >= 11 is 0. The van der Waals surface area contributed by atoms with E-state index >= 15 is 0 Å². The van der Waals surface area contributed by atoms with Crippen molar-refractivity contribution in [3.63, 3.8) is 0 Å². The predicted octanol–water partition coefficient (Wildman–Crippen LogP) is 2.89. The Morgan fingerprint density at radius 2 is 1.75 bits per heavy atom. The Kier molecular flexibility index (Phi) is 6.27. The number of nitrogens with two attached hydrogens (primary N) is 1. The van der Waals surface area contributed by atoms with E-state index in [0.29, 0.717) is 28.8 Å². The molecular formula is C22H28N6O3S. The second kappa shape index (κ2) is 8.97. The molecule has 4 rings (SSSR count). The smallest absolute Gasteiger partial charge is 0.242 e. The zero-order valence-electron chi connectivity index (χ0n) is 18.4. The van der Waals surface area contributed by atoms with Crippen LogP contribution in [-0.4, -0.2) is 61.0 Å². The van der Waals surface area contributed by atoms with Crippen molar-refractivity contribution in [2.45, 2.75) is 42.7 Å². The first-order valence-corrected chi connectivity index (χ1v) is 12.0. The average Bonchev–Trinajstić information content (AvgIpc) is 2.80. The summed E-state index contributed by atoms with van der Waals surface area (Å²) in [6.07, 6.45) is 7.66. The van der Waals surface area contributed by atoms with E-state index in [1.807, 2.05) is 0 Å². The van der Waals surface area contributed by atoms with Crippen LogP contribution in [0.15, 0.2) is 41.6 Å². The molecule has 2 aromatic heterocycles. The number of anilines is 2. The number of methoxy groups -OCH3 is 1. The largest absolute Gasteiger partial charge is 0.383 e. The lowest BCUT2D eigenvalue weighted by molar-refractivity contribution is 0.0681. The van der Waals surface area contributed by atoms with E-state index in [9.17, 15) is 8.42 Å². The third-order valence-electron chi connectivity index (χ3n) is 5.94. The molecule has 0 radical (unpaired) electrons. The van der Waals surface area contributed by atoms with Crippen molar-refractivity contribution >= 4 is 32.7 Å². The molecule has 0 atom stereocenters. The number of pyridine rings is 1. The van der Waals surface area contributed by atoms with Gasteiger partial charge < -0.3 is 15.8 Å². The van der Waals surface area contributed by atoms with Gasteiger partial charge in [0.15, 0.2) is 0 Å². The Bertz CT molecular complexity index is 1210. The highest BCUT2D eigenvalue weighted by Crippen LogP contribution is 2.31. The fourth-order valence-electron chi connectivity index (χ4n) is 3.96. The Hall–Kier alpha value is -2.82. The average molecular weight is 457 g/mol. The summed E-state index contributed by atoms with van der Waals surface area (Å²) in [6, 6.07) is 6.97. The Balaban J connectivity index is 1.66. The maximum atomic E-state index is 12.4. The van der Waals surface area contributed by atoms with Gasteiger partial charge in [0.25, 0.3) is 0 Å². The quantitative estimate of drug-likeness (QED) is 0.580. The molecule has 1 aliphatic carbocycles. The summed E-state index contributed by atoms with van der Waals surface area (Å²) in [5.74, 6) is 0.889.